The zero-order valence-corrected chi connectivity index (χ0v) is 9.56. The zero-order valence-electron chi connectivity index (χ0n) is 9.56. The molecular formula is C10H16N6. The van der Waals surface area contributed by atoms with Crippen LogP contribution >= 0.6 is 0 Å². The van der Waals surface area contributed by atoms with Crippen molar-refractivity contribution in [2.75, 3.05) is 0 Å². The van der Waals surface area contributed by atoms with Gasteiger partial charge in [-0.25, -0.2) is 0 Å². The van der Waals surface area contributed by atoms with Gasteiger partial charge in [0.25, 0.3) is 0 Å². The minimum Gasteiger partial charge on any atom is -0.317 e. The molecular weight excluding hydrogens is 204 g/mol. The Balaban J connectivity index is 1.84. The van der Waals surface area contributed by atoms with Crippen molar-refractivity contribution in [2.45, 2.75) is 38.8 Å². The van der Waals surface area contributed by atoms with E-state index in [-0.39, 0.29) is 0 Å². The largest absolute Gasteiger partial charge is 0.317 e. The van der Waals surface area contributed by atoms with E-state index in [0.29, 0.717) is 12.1 Å². The van der Waals surface area contributed by atoms with Gasteiger partial charge < -0.3 is 4.57 Å². The summed E-state index contributed by atoms with van der Waals surface area (Å²) in [4.78, 5) is 1.75. The van der Waals surface area contributed by atoms with Gasteiger partial charge in [-0.15, -0.1) is 10.2 Å². The van der Waals surface area contributed by atoms with Crippen LogP contribution in [0.5, 0.6) is 0 Å². The van der Waals surface area contributed by atoms with Crippen LogP contribution in [-0.2, 0) is 0 Å². The Hall–Kier alpha value is -1.72. The van der Waals surface area contributed by atoms with Crippen molar-refractivity contribution in [3.63, 3.8) is 0 Å². The summed E-state index contributed by atoms with van der Waals surface area (Å²) in [5.74, 6) is 0. The molecule has 0 aromatic carbocycles. The minimum atomic E-state index is 0.328. The van der Waals surface area contributed by atoms with E-state index in [2.05, 4.69) is 34.2 Å². The molecule has 0 bridgehead atoms. The van der Waals surface area contributed by atoms with Crippen LogP contribution in [0.4, 0.5) is 0 Å². The first kappa shape index (κ1) is 10.8. The normalized spacial score (nSPS) is 14.9. The Morgan fingerprint density at radius 2 is 1.50 bits per heavy atom. The molecule has 6 heteroatoms. The summed E-state index contributed by atoms with van der Waals surface area (Å²) in [6.45, 7) is 4.28. The Labute approximate surface area is 94.3 Å². The third-order valence-electron chi connectivity index (χ3n) is 2.78. The molecule has 2 unspecified atom stereocenters. The van der Waals surface area contributed by atoms with Crippen LogP contribution < -0.4 is 0 Å². The highest BCUT2D eigenvalue weighted by atomic mass is 15.5. The maximum Gasteiger partial charge on any atom is 0.119 e. The van der Waals surface area contributed by atoms with Crippen LogP contribution in [0, 0.1) is 0 Å². The Morgan fingerprint density at radius 1 is 0.938 bits per heavy atom. The lowest BCUT2D eigenvalue weighted by molar-refractivity contribution is 0.365. The Kier molecular flexibility index (Phi) is 3.28. The fourth-order valence-electron chi connectivity index (χ4n) is 1.64. The van der Waals surface area contributed by atoms with Gasteiger partial charge in [0, 0.05) is 6.04 Å². The first-order valence-electron chi connectivity index (χ1n) is 5.47. The first-order chi connectivity index (χ1) is 7.77. The molecule has 0 saturated carbocycles. The number of nitrogens with zero attached hydrogens (tertiary/aromatic N) is 6. The second-order valence-electron chi connectivity index (χ2n) is 4.03. The lowest BCUT2D eigenvalue weighted by Crippen LogP contribution is -2.11. The lowest BCUT2D eigenvalue weighted by atomic mass is 10.1. The van der Waals surface area contributed by atoms with Gasteiger partial charge >= 0.3 is 0 Å². The van der Waals surface area contributed by atoms with Crippen LogP contribution in [0.1, 0.15) is 38.8 Å². The van der Waals surface area contributed by atoms with E-state index in [1.165, 1.54) is 0 Å². The van der Waals surface area contributed by atoms with Crippen molar-refractivity contribution >= 4 is 0 Å². The van der Waals surface area contributed by atoms with Gasteiger partial charge in [0.15, 0.2) is 0 Å². The molecule has 0 saturated heterocycles. The van der Waals surface area contributed by atoms with Gasteiger partial charge in [-0.3, -0.25) is 0 Å². The van der Waals surface area contributed by atoms with Gasteiger partial charge in [-0.05, 0) is 26.7 Å². The molecule has 2 rings (SSSR count). The number of hydrogen-bond donors (Lipinski definition) is 0. The predicted octanol–water partition coefficient (Wildman–Crippen LogP) is 1.47. The average molecular weight is 220 g/mol. The van der Waals surface area contributed by atoms with E-state index in [4.69, 9.17) is 0 Å². The van der Waals surface area contributed by atoms with Crippen LogP contribution in [-0.4, -0.2) is 29.8 Å². The highest BCUT2D eigenvalue weighted by Crippen LogP contribution is 2.18. The second kappa shape index (κ2) is 4.87. The van der Waals surface area contributed by atoms with Gasteiger partial charge in [-0.1, -0.05) is 0 Å². The molecule has 0 amide bonds. The summed E-state index contributed by atoms with van der Waals surface area (Å²) in [7, 11) is 0. The third-order valence-corrected chi connectivity index (χ3v) is 2.78. The summed E-state index contributed by atoms with van der Waals surface area (Å²) in [5.41, 5.74) is 0. The predicted molar refractivity (Wildman–Crippen MR) is 58.7 cm³/mol. The van der Waals surface area contributed by atoms with Crippen molar-refractivity contribution in [2.24, 2.45) is 0 Å². The van der Waals surface area contributed by atoms with Crippen molar-refractivity contribution in [3.05, 3.63) is 25.0 Å². The molecule has 0 fully saturated rings. The number of hydrogen-bond acceptors (Lipinski definition) is 4. The topological polar surface area (TPSA) is 61.4 Å². The van der Waals surface area contributed by atoms with Crippen molar-refractivity contribution < 1.29 is 0 Å². The van der Waals surface area contributed by atoms with E-state index >= 15 is 0 Å². The molecule has 6 nitrogen and oxygen atoms in total. The fraction of sp³-hybridized carbons (Fsp3) is 0.600. The van der Waals surface area contributed by atoms with Crippen molar-refractivity contribution in [1.82, 2.24) is 29.8 Å². The maximum absolute atomic E-state index is 4.13. The molecule has 0 aliphatic rings. The van der Waals surface area contributed by atoms with Gasteiger partial charge in [-0.2, -0.15) is 15.0 Å². The molecule has 0 aliphatic heterocycles. The monoisotopic (exact) mass is 220 g/mol. The zero-order chi connectivity index (χ0) is 11.4. The number of aromatic nitrogens is 6. The quantitative estimate of drug-likeness (QED) is 0.765. The van der Waals surface area contributed by atoms with Crippen LogP contribution in [0.15, 0.2) is 25.0 Å². The summed E-state index contributed by atoms with van der Waals surface area (Å²) in [6.07, 6.45) is 9.01. The first-order valence-corrected chi connectivity index (χ1v) is 5.47. The molecule has 2 aromatic rings. The van der Waals surface area contributed by atoms with Gasteiger partial charge in [0.2, 0.25) is 0 Å². The SMILES string of the molecule is CC(CCC(C)n1nccn1)n1cnnc1. The summed E-state index contributed by atoms with van der Waals surface area (Å²) in [5, 5.41) is 15.9. The van der Waals surface area contributed by atoms with Crippen LogP contribution in [0.25, 0.3) is 0 Å². The van der Waals surface area contributed by atoms with E-state index < -0.39 is 0 Å². The fourth-order valence-corrected chi connectivity index (χ4v) is 1.64. The highest BCUT2D eigenvalue weighted by molar-refractivity contribution is 4.71. The summed E-state index contributed by atoms with van der Waals surface area (Å²) in [6, 6.07) is 0.738. The second-order valence-corrected chi connectivity index (χ2v) is 4.03. The highest BCUT2D eigenvalue weighted by Gasteiger charge is 2.10. The van der Waals surface area contributed by atoms with Gasteiger partial charge in [0.05, 0.1) is 18.4 Å². The number of rotatable bonds is 5. The molecule has 0 aliphatic carbocycles. The summed E-state index contributed by atoms with van der Waals surface area (Å²) >= 11 is 0. The average Bonchev–Trinajstić information content (AvgIpc) is 2.95. The standard InChI is InChI=1S/C10H16N6/c1-9(15-7-11-12-8-15)3-4-10(2)16-13-5-6-14-16/h5-10H,3-4H2,1-2H3. The molecule has 16 heavy (non-hydrogen) atoms. The third kappa shape index (κ3) is 2.44. The lowest BCUT2D eigenvalue weighted by Gasteiger charge is -2.15. The van der Waals surface area contributed by atoms with E-state index in [0.717, 1.165) is 12.8 Å². The molecule has 0 N–H and O–H groups in total. The molecule has 2 atom stereocenters. The molecule has 0 radical (unpaired) electrons. The van der Waals surface area contributed by atoms with E-state index in [1.54, 1.807) is 29.8 Å². The van der Waals surface area contributed by atoms with Crippen LogP contribution in [0.2, 0.25) is 0 Å². The molecule has 86 valence electrons. The summed E-state index contributed by atoms with van der Waals surface area (Å²) < 4.78 is 2.02. The van der Waals surface area contributed by atoms with Crippen LogP contribution in [0.3, 0.4) is 0 Å². The van der Waals surface area contributed by atoms with Crippen molar-refractivity contribution in [3.8, 4) is 0 Å². The minimum absolute atomic E-state index is 0.328. The van der Waals surface area contributed by atoms with Gasteiger partial charge in [0.1, 0.15) is 12.7 Å². The molecule has 2 heterocycles. The Morgan fingerprint density at radius 3 is 2.12 bits per heavy atom. The maximum atomic E-state index is 4.13. The molecule has 2 aromatic heterocycles. The molecule has 0 spiro atoms. The van der Waals surface area contributed by atoms with E-state index in [1.807, 2.05) is 4.57 Å². The van der Waals surface area contributed by atoms with E-state index in [9.17, 15) is 0 Å². The Bertz CT molecular complexity index is 353. The smallest absolute Gasteiger partial charge is 0.119 e. The van der Waals surface area contributed by atoms with Crippen molar-refractivity contribution in [1.29, 1.82) is 0 Å².